The average Bonchev–Trinajstić information content (AvgIpc) is 2.77. The Hall–Kier alpha value is -1.31. The maximum Gasteiger partial charge on any atom is 0.222 e. The Morgan fingerprint density at radius 3 is 2.71 bits per heavy atom. The summed E-state index contributed by atoms with van der Waals surface area (Å²) in [6, 6.07) is 8.19. The van der Waals surface area contributed by atoms with E-state index in [1.54, 1.807) is 0 Å². The van der Waals surface area contributed by atoms with Crippen LogP contribution in [0.5, 0.6) is 0 Å². The van der Waals surface area contributed by atoms with E-state index in [1.165, 1.54) is 5.56 Å². The standard InChI is InChI=1S/C18H28N4O.HI/c1-2-15-8-10-16(11-9-15)21-18(19)20-12-6-14-22-13-5-3-4-7-17(22)23;/h8-11H,2-7,12-14H2,1H3,(H3,19,20,21);1H. The lowest BCUT2D eigenvalue weighted by Gasteiger charge is -2.19. The number of nitrogens with zero attached hydrogens (tertiary/aromatic N) is 2. The van der Waals surface area contributed by atoms with Gasteiger partial charge in [-0.2, -0.15) is 0 Å². The van der Waals surface area contributed by atoms with Gasteiger partial charge in [-0.05, 0) is 43.4 Å². The van der Waals surface area contributed by atoms with Gasteiger partial charge in [-0.25, -0.2) is 0 Å². The molecule has 24 heavy (non-hydrogen) atoms. The molecule has 1 aliphatic heterocycles. The van der Waals surface area contributed by atoms with Gasteiger partial charge in [-0.3, -0.25) is 9.79 Å². The Morgan fingerprint density at radius 2 is 2.00 bits per heavy atom. The van der Waals surface area contributed by atoms with Crippen molar-refractivity contribution in [2.45, 2.75) is 45.4 Å². The number of nitrogens with one attached hydrogen (secondary N) is 1. The van der Waals surface area contributed by atoms with E-state index in [-0.39, 0.29) is 29.9 Å². The van der Waals surface area contributed by atoms with E-state index in [2.05, 4.69) is 29.4 Å². The number of hydrogen-bond acceptors (Lipinski definition) is 2. The Morgan fingerprint density at radius 1 is 1.25 bits per heavy atom. The third kappa shape index (κ3) is 7.07. The number of likely N-dealkylation sites (tertiary alicyclic amines) is 1. The van der Waals surface area contributed by atoms with Gasteiger partial charge in [0.25, 0.3) is 0 Å². The van der Waals surface area contributed by atoms with Gasteiger partial charge in [0.15, 0.2) is 5.96 Å². The molecule has 0 aromatic heterocycles. The molecule has 0 bridgehead atoms. The number of guanidine groups is 1. The molecule has 0 atom stereocenters. The number of hydrogen-bond donors (Lipinski definition) is 2. The van der Waals surface area contributed by atoms with Gasteiger partial charge in [0.2, 0.25) is 5.91 Å². The number of rotatable bonds is 6. The van der Waals surface area contributed by atoms with Crippen LogP contribution in [0, 0.1) is 0 Å². The van der Waals surface area contributed by atoms with Crippen molar-refractivity contribution in [3.63, 3.8) is 0 Å². The largest absolute Gasteiger partial charge is 0.370 e. The SMILES string of the molecule is CCc1ccc(NC(N)=NCCCN2CCCCCC2=O)cc1.I. The zero-order valence-electron chi connectivity index (χ0n) is 14.5. The summed E-state index contributed by atoms with van der Waals surface area (Å²) in [5.41, 5.74) is 8.16. The normalized spacial score (nSPS) is 15.6. The van der Waals surface area contributed by atoms with Crippen LogP contribution in [-0.4, -0.2) is 36.4 Å². The molecule has 0 saturated carbocycles. The third-order valence-electron chi connectivity index (χ3n) is 4.17. The molecule has 1 amide bonds. The fourth-order valence-electron chi connectivity index (χ4n) is 2.75. The van der Waals surface area contributed by atoms with Crippen LogP contribution in [0.25, 0.3) is 0 Å². The molecule has 5 nitrogen and oxygen atoms in total. The number of aliphatic imine (C=N–C) groups is 1. The molecule has 1 aromatic rings. The lowest BCUT2D eigenvalue weighted by molar-refractivity contribution is -0.130. The van der Waals surface area contributed by atoms with Crippen LogP contribution in [-0.2, 0) is 11.2 Å². The highest BCUT2D eigenvalue weighted by molar-refractivity contribution is 14.0. The molecule has 2 rings (SSSR count). The molecule has 134 valence electrons. The van der Waals surface area contributed by atoms with Crippen molar-refractivity contribution in [1.29, 1.82) is 0 Å². The van der Waals surface area contributed by atoms with Gasteiger partial charge < -0.3 is 16.0 Å². The first-order valence-corrected chi connectivity index (χ1v) is 8.62. The molecule has 0 aliphatic carbocycles. The zero-order chi connectivity index (χ0) is 16.5. The minimum atomic E-state index is 0. The van der Waals surface area contributed by atoms with Crippen molar-refractivity contribution < 1.29 is 4.79 Å². The van der Waals surface area contributed by atoms with Crippen LogP contribution in [0.1, 0.15) is 44.6 Å². The van der Waals surface area contributed by atoms with Gasteiger partial charge in [-0.1, -0.05) is 25.5 Å². The highest BCUT2D eigenvalue weighted by Gasteiger charge is 2.15. The minimum Gasteiger partial charge on any atom is -0.370 e. The summed E-state index contributed by atoms with van der Waals surface area (Å²) >= 11 is 0. The number of amides is 1. The third-order valence-corrected chi connectivity index (χ3v) is 4.17. The van der Waals surface area contributed by atoms with Crippen molar-refractivity contribution in [3.05, 3.63) is 29.8 Å². The van der Waals surface area contributed by atoms with E-state index >= 15 is 0 Å². The number of benzene rings is 1. The van der Waals surface area contributed by atoms with Crippen LogP contribution in [0.2, 0.25) is 0 Å². The van der Waals surface area contributed by atoms with Gasteiger partial charge in [0.1, 0.15) is 0 Å². The second kappa shape index (κ2) is 11.3. The highest BCUT2D eigenvalue weighted by atomic mass is 127. The number of anilines is 1. The molecule has 6 heteroatoms. The lowest BCUT2D eigenvalue weighted by atomic mass is 10.1. The highest BCUT2D eigenvalue weighted by Crippen LogP contribution is 2.11. The molecule has 0 radical (unpaired) electrons. The van der Waals surface area contributed by atoms with Crippen LogP contribution in [0.3, 0.4) is 0 Å². The van der Waals surface area contributed by atoms with Crippen molar-refractivity contribution in [1.82, 2.24) is 4.90 Å². The number of carbonyl (C=O) groups is 1. The Balaban J connectivity index is 0.00000288. The second-order valence-corrected chi connectivity index (χ2v) is 5.99. The topological polar surface area (TPSA) is 70.7 Å². The smallest absolute Gasteiger partial charge is 0.222 e. The van der Waals surface area contributed by atoms with Crippen LogP contribution in [0.4, 0.5) is 5.69 Å². The predicted molar refractivity (Wildman–Crippen MR) is 111 cm³/mol. The molecule has 3 N–H and O–H groups in total. The zero-order valence-corrected chi connectivity index (χ0v) is 16.8. The maximum absolute atomic E-state index is 11.9. The summed E-state index contributed by atoms with van der Waals surface area (Å²) in [5.74, 6) is 0.713. The van der Waals surface area contributed by atoms with Gasteiger partial charge in [-0.15, -0.1) is 24.0 Å². The fourth-order valence-corrected chi connectivity index (χ4v) is 2.75. The van der Waals surface area contributed by atoms with E-state index in [9.17, 15) is 4.79 Å². The van der Waals surface area contributed by atoms with E-state index in [4.69, 9.17) is 5.73 Å². The van der Waals surface area contributed by atoms with Gasteiger partial charge in [0, 0.05) is 31.7 Å². The summed E-state index contributed by atoms with van der Waals surface area (Å²) in [4.78, 5) is 18.2. The van der Waals surface area contributed by atoms with E-state index in [0.29, 0.717) is 18.9 Å². The summed E-state index contributed by atoms with van der Waals surface area (Å²) in [7, 11) is 0. The van der Waals surface area contributed by atoms with Gasteiger partial charge >= 0.3 is 0 Å². The monoisotopic (exact) mass is 444 g/mol. The number of aryl methyl sites for hydroxylation is 1. The van der Waals surface area contributed by atoms with Crippen molar-refractivity contribution in [2.24, 2.45) is 10.7 Å². The van der Waals surface area contributed by atoms with Crippen molar-refractivity contribution >= 4 is 41.5 Å². The first-order chi connectivity index (χ1) is 11.2. The summed E-state index contributed by atoms with van der Waals surface area (Å²) in [6.45, 7) is 4.43. The molecular formula is C18H29IN4O. The van der Waals surface area contributed by atoms with Crippen LogP contribution < -0.4 is 11.1 Å². The minimum absolute atomic E-state index is 0. The van der Waals surface area contributed by atoms with E-state index in [1.807, 2.05) is 17.0 Å². The van der Waals surface area contributed by atoms with E-state index < -0.39 is 0 Å². The molecule has 1 saturated heterocycles. The molecule has 0 unspecified atom stereocenters. The summed E-state index contributed by atoms with van der Waals surface area (Å²) in [5, 5.41) is 3.10. The number of carbonyl (C=O) groups excluding carboxylic acids is 1. The fraction of sp³-hybridized carbons (Fsp3) is 0.556. The van der Waals surface area contributed by atoms with Crippen molar-refractivity contribution in [3.8, 4) is 0 Å². The maximum atomic E-state index is 11.9. The van der Waals surface area contributed by atoms with Gasteiger partial charge in [0.05, 0.1) is 0 Å². The molecule has 1 heterocycles. The number of nitrogens with two attached hydrogens (primary N) is 1. The summed E-state index contributed by atoms with van der Waals surface area (Å²) < 4.78 is 0. The Labute approximate surface area is 162 Å². The molecule has 1 fully saturated rings. The molecule has 0 spiro atoms. The number of halogens is 1. The van der Waals surface area contributed by atoms with Crippen LogP contribution in [0.15, 0.2) is 29.3 Å². The quantitative estimate of drug-likeness (QED) is 0.306. The van der Waals surface area contributed by atoms with Crippen LogP contribution >= 0.6 is 24.0 Å². The average molecular weight is 444 g/mol. The lowest BCUT2D eigenvalue weighted by Crippen LogP contribution is -2.31. The predicted octanol–water partition coefficient (Wildman–Crippen LogP) is 3.39. The first-order valence-electron chi connectivity index (χ1n) is 8.62. The second-order valence-electron chi connectivity index (χ2n) is 5.99. The first kappa shape index (κ1) is 20.7. The molecule has 1 aromatic carbocycles. The molecule has 1 aliphatic rings. The van der Waals surface area contributed by atoms with Crippen molar-refractivity contribution in [2.75, 3.05) is 25.0 Å². The molecular weight excluding hydrogens is 415 g/mol. The summed E-state index contributed by atoms with van der Waals surface area (Å²) in [6.07, 6.45) is 5.88. The Kier molecular flexibility index (Phi) is 9.75. The Bertz CT molecular complexity index is 530. The van der Waals surface area contributed by atoms with E-state index in [0.717, 1.165) is 50.9 Å².